The number of aryl methyl sites for hydroxylation is 1. The minimum atomic E-state index is -0.187. The Kier molecular flexibility index (Phi) is 4.83. The molecule has 1 fully saturated rings. The molecule has 1 amide bonds. The number of hydrogen-bond donors (Lipinski definition) is 2. The molecular formula is C16H24N2O. The lowest BCUT2D eigenvalue weighted by molar-refractivity contribution is -0.122. The quantitative estimate of drug-likeness (QED) is 0.854. The molecule has 1 aliphatic carbocycles. The van der Waals surface area contributed by atoms with E-state index >= 15 is 0 Å². The van der Waals surface area contributed by atoms with E-state index in [0.29, 0.717) is 6.04 Å². The molecule has 2 N–H and O–H groups in total. The predicted molar refractivity (Wildman–Crippen MR) is 79.3 cm³/mol. The molecule has 104 valence electrons. The highest BCUT2D eigenvalue weighted by molar-refractivity contribution is 5.84. The van der Waals surface area contributed by atoms with Gasteiger partial charge >= 0.3 is 0 Å². The highest BCUT2D eigenvalue weighted by Gasteiger charge is 2.20. The van der Waals surface area contributed by atoms with Crippen LogP contribution in [-0.2, 0) is 11.2 Å². The summed E-state index contributed by atoms with van der Waals surface area (Å²) in [6.07, 6.45) is 5.71. The topological polar surface area (TPSA) is 41.1 Å². The van der Waals surface area contributed by atoms with Crippen molar-refractivity contribution < 1.29 is 4.79 Å². The Labute approximate surface area is 115 Å². The lowest BCUT2D eigenvalue weighted by Gasteiger charge is -2.20. The minimum absolute atomic E-state index is 0.109. The summed E-state index contributed by atoms with van der Waals surface area (Å²) < 4.78 is 0. The number of nitrogens with one attached hydrogen (secondary N) is 2. The normalized spacial score (nSPS) is 17.2. The molecule has 0 spiro atoms. The fraction of sp³-hybridized carbons (Fsp3) is 0.562. The average Bonchev–Trinajstić information content (AvgIpc) is 2.92. The minimum Gasteiger partial charge on any atom is -0.374 e. The Morgan fingerprint density at radius 2 is 2.00 bits per heavy atom. The third kappa shape index (κ3) is 3.72. The standard InChI is InChI=1S/C16H24N2O/c1-3-13-8-4-7-11-15(13)17-12(2)16(19)18-14-9-5-6-10-14/h4,7-8,11-12,14,17H,3,5-6,9-10H2,1-2H3,(H,18,19). The van der Waals surface area contributed by atoms with E-state index in [1.54, 1.807) is 0 Å². The summed E-state index contributed by atoms with van der Waals surface area (Å²) in [6, 6.07) is 8.38. The molecule has 0 aliphatic heterocycles. The van der Waals surface area contributed by atoms with Crippen molar-refractivity contribution in [3.05, 3.63) is 29.8 Å². The number of para-hydroxylation sites is 1. The fourth-order valence-corrected chi connectivity index (χ4v) is 2.66. The van der Waals surface area contributed by atoms with Gasteiger partial charge in [0.05, 0.1) is 0 Å². The summed E-state index contributed by atoms with van der Waals surface area (Å²) in [5.41, 5.74) is 2.32. The smallest absolute Gasteiger partial charge is 0.242 e. The van der Waals surface area contributed by atoms with Gasteiger partial charge in [-0.1, -0.05) is 38.0 Å². The largest absolute Gasteiger partial charge is 0.374 e. The van der Waals surface area contributed by atoms with E-state index in [4.69, 9.17) is 0 Å². The van der Waals surface area contributed by atoms with Gasteiger partial charge < -0.3 is 10.6 Å². The SMILES string of the molecule is CCc1ccccc1NC(C)C(=O)NC1CCCC1. The maximum absolute atomic E-state index is 12.1. The summed E-state index contributed by atoms with van der Waals surface area (Å²) in [5.74, 6) is 0.109. The van der Waals surface area contributed by atoms with Crippen LogP contribution in [0.5, 0.6) is 0 Å². The van der Waals surface area contributed by atoms with Crippen molar-refractivity contribution >= 4 is 11.6 Å². The number of carbonyl (C=O) groups is 1. The molecule has 0 radical (unpaired) electrons. The van der Waals surface area contributed by atoms with Crippen LogP contribution in [-0.4, -0.2) is 18.0 Å². The second kappa shape index (κ2) is 6.60. The molecule has 1 saturated carbocycles. The molecule has 3 nitrogen and oxygen atoms in total. The first-order valence-electron chi connectivity index (χ1n) is 7.35. The zero-order chi connectivity index (χ0) is 13.7. The van der Waals surface area contributed by atoms with Crippen LogP contribution in [0.15, 0.2) is 24.3 Å². The van der Waals surface area contributed by atoms with Crippen molar-refractivity contribution in [2.75, 3.05) is 5.32 Å². The Morgan fingerprint density at radius 3 is 2.68 bits per heavy atom. The molecule has 1 aliphatic rings. The highest BCUT2D eigenvalue weighted by Crippen LogP contribution is 2.19. The summed E-state index contributed by atoms with van der Waals surface area (Å²) in [7, 11) is 0. The van der Waals surface area contributed by atoms with Crippen molar-refractivity contribution in [1.82, 2.24) is 5.32 Å². The van der Waals surface area contributed by atoms with Crippen LogP contribution >= 0.6 is 0 Å². The van der Waals surface area contributed by atoms with Gasteiger partial charge in [0, 0.05) is 11.7 Å². The molecule has 1 atom stereocenters. The van der Waals surface area contributed by atoms with E-state index in [1.807, 2.05) is 25.1 Å². The van der Waals surface area contributed by atoms with Gasteiger partial charge in [0.2, 0.25) is 5.91 Å². The van der Waals surface area contributed by atoms with Gasteiger partial charge in [-0.2, -0.15) is 0 Å². The van der Waals surface area contributed by atoms with E-state index in [1.165, 1.54) is 18.4 Å². The predicted octanol–water partition coefficient (Wildman–Crippen LogP) is 3.11. The van der Waals surface area contributed by atoms with Gasteiger partial charge in [-0.3, -0.25) is 4.79 Å². The molecule has 3 heteroatoms. The second-order valence-electron chi connectivity index (χ2n) is 5.37. The molecule has 0 bridgehead atoms. The number of rotatable bonds is 5. The van der Waals surface area contributed by atoms with E-state index in [9.17, 15) is 4.79 Å². The summed E-state index contributed by atoms with van der Waals surface area (Å²) >= 11 is 0. The summed E-state index contributed by atoms with van der Waals surface area (Å²) in [5, 5.41) is 6.46. The van der Waals surface area contributed by atoms with E-state index in [2.05, 4.69) is 23.6 Å². The van der Waals surface area contributed by atoms with Crippen LogP contribution in [0.1, 0.15) is 45.1 Å². The molecule has 1 aromatic rings. The molecule has 2 rings (SSSR count). The Hall–Kier alpha value is -1.51. The molecule has 0 heterocycles. The lowest BCUT2D eigenvalue weighted by Crippen LogP contribution is -2.42. The Bertz CT molecular complexity index is 425. The van der Waals surface area contributed by atoms with Crippen molar-refractivity contribution in [1.29, 1.82) is 0 Å². The highest BCUT2D eigenvalue weighted by atomic mass is 16.2. The van der Waals surface area contributed by atoms with E-state index in [0.717, 1.165) is 24.9 Å². The maximum Gasteiger partial charge on any atom is 0.242 e. The van der Waals surface area contributed by atoms with Crippen molar-refractivity contribution in [2.24, 2.45) is 0 Å². The first-order valence-corrected chi connectivity index (χ1v) is 7.35. The number of benzene rings is 1. The van der Waals surface area contributed by atoms with Crippen LogP contribution in [0.4, 0.5) is 5.69 Å². The summed E-state index contributed by atoms with van der Waals surface area (Å²) in [4.78, 5) is 12.1. The first kappa shape index (κ1) is 13.9. The molecule has 0 saturated heterocycles. The molecule has 1 unspecified atom stereocenters. The van der Waals surface area contributed by atoms with Gasteiger partial charge in [-0.15, -0.1) is 0 Å². The zero-order valence-electron chi connectivity index (χ0n) is 11.9. The molecule has 19 heavy (non-hydrogen) atoms. The summed E-state index contributed by atoms with van der Waals surface area (Å²) in [6.45, 7) is 4.06. The third-order valence-electron chi connectivity index (χ3n) is 3.87. The van der Waals surface area contributed by atoms with Crippen LogP contribution in [0, 0.1) is 0 Å². The van der Waals surface area contributed by atoms with Crippen LogP contribution in [0.3, 0.4) is 0 Å². The number of amides is 1. The van der Waals surface area contributed by atoms with Crippen LogP contribution in [0.2, 0.25) is 0 Å². The third-order valence-corrected chi connectivity index (χ3v) is 3.87. The van der Waals surface area contributed by atoms with Crippen molar-refractivity contribution in [3.63, 3.8) is 0 Å². The first-order chi connectivity index (χ1) is 9.20. The van der Waals surface area contributed by atoms with Crippen molar-refractivity contribution in [3.8, 4) is 0 Å². The van der Waals surface area contributed by atoms with Crippen LogP contribution < -0.4 is 10.6 Å². The van der Waals surface area contributed by atoms with Gasteiger partial charge in [0.15, 0.2) is 0 Å². The van der Waals surface area contributed by atoms with Crippen molar-refractivity contribution in [2.45, 2.75) is 58.0 Å². The van der Waals surface area contributed by atoms with Gasteiger partial charge in [-0.05, 0) is 37.8 Å². The van der Waals surface area contributed by atoms with Crippen LogP contribution in [0.25, 0.3) is 0 Å². The number of hydrogen-bond acceptors (Lipinski definition) is 2. The molecule has 1 aromatic carbocycles. The molecule has 0 aromatic heterocycles. The van der Waals surface area contributed by atoms with Gasteiger partial charge in [0.25, 0.3) is 0 Å². The fourth-order valence-electron chi connectivity index (χ4n) is 2.66. The Balaban J connectivity index is 1.92. The Morgan fingerprint density at radius 1 is 1.32 bits per heavy atom. The average molecular weight is 260 g/mol. The van der Waals surface area contributed by atoms with Gasteiger partial charge in [-0.25, -0.2) is 0 Å². The number of anilines is 1. The number of carbonyl (C=O) groups excluding carboxylic acids is 1. The van der Waals surface area contributed by atoms with Gasteiger partial charge in [0.1, 0.15) is 6.04 Å². The maximum atomic E-state index is 12.1. The zero-order valence-corrected chi connectivity index (χ0v) is 11.9. The van der Waals surface area contributed by atoms with E-state index in [-0.39, 0.29) is 11.9 Å². The molecular weight excluding hydrogens is 236 g/mol. The lowest BCUT2D eigenvalue weighted by atomic mass is 10.1. The monoisotopic (exact) mass is 260 g/mol. The van der Waals surface area contributed by atoms with E-state index < -0.39 is 0 Å². The second-order valence-corrected chi connectivity index (χ2v) is 5.37.